The Morgan fingerprint density at radius 1 is 1.30 bits per heavy atom. The van der Waals surface area contributed by atoms with Crippen LogP contribution in [0, 0.1) is 11.3 Å². The van der Waals surface area contributed by atoms with Gasteiger partial charge in [0.05, 0.1) is 27.4 Å². The number of carbonyl (C=O) groups is 3. The quantitative estimate of drug-likeness (QED) is 0.670. The molecule has 0 atom stereocenters. The van der Waals surface area contributed by atoms with E-state index in [1.807, 2.05) is 0 Å². The third-order valence-corrected chi connectivity index (χ3v) is 3.30. The molecule has 0 bridgehead atoms. The highest BCUT2D eigenvalue weighted by Gasteiger charge is 2.40. The van der Waals surface area contributed by atoms with Gasteiger partial charge >= 0.3 is 0 Å². The van der Waals surface area contributed by atoms with Gasteiger partial charge in [-0.25, -0.2) is 0 Å². The molecule has 0 unspecified atom stereocenters. The average Bonchev–Trinajstić information content (AvgIpc) is 2.67. The van der Waals surface area contributed by atoms with Gasteiger partial charge < -0.3 is 5.32 Å². The predicted octanol–water partition coefficient (Wildman–Crippen LogP) is 1.16. The number of nitrogens with one attached hydrogen (secondary N) is 1. The Bertz CT molecular complexity index is 667. The lowest BCUT2D eigenvalue weighted by Crippen LogP contribution is -2.40. The molecule has 102 valence electrons. The first-order valence-corrected chi connectivity index (χ1v) is 6.20. The zero-order chi connectivity index (χ0) is 14.9. The molecule has 1 aliphatic heterocycles. The number of ketones is 1. The number of halogens is 2. The SMILES string of the molecule is N#CCNC(=O)CN1C(=O)C(=O)c2c(Cl)ccc(Cl)c21. The van der Waals surface area contributed by atoms with Crippen molar-refractivity contribution in [2.24, 2.45) is 0 Å². The number of hydrogen-bond acceptors (Lipinski definition) is 4. The standard InChI is InChI=1S/C12H7Cl2N3O3/c13-6-1-2-7(14)10-9(6)11(19)12(20)17(10)5-8(18)16-4-3-15/h1-2H,4-5H2,(H,16,18). The molecular weight excluding hydrogens is 305 g/mol. The molecule has 0 saturated heterocycles. The van der Waals surface area contributed by atoms with Crippen LogP contribution in [0.4, 0.5) is 5.69 Å². The summed E-state index contributed by atoms with van der Waals surface area (Å²) in [5.41, 5.74) is 0.124. The summed E-state index contributed by atoms with van der Waals surface area (Å²) in [6, 6.07) is 4.58. The number of fused-ring (bicyclic) bond motifs is 1. The predicted molar refractivity (Wildman–Crippen MR) is 71.8 cm³/mol. The summed E-state index contributed by atoms with van der Waals surface area (Å²) in [5.74, 6) is -2.25. The van der Waals surface area contributed by atoms with Gasteiger partial charge in [0.1, 0.15) is 13.1 Å². The summed E-state index contributed by atoms with van der Waals surface area (Å²) in [6.45, 7) is -0.593. The molecule has 6 nitrogen and oxygen atoms in total. The Kier molecular flexibility index (Phi) is 3.93. The molecule has 2 amide bonds. The number of nitriles is 1. The van der Waals surface area contributed by atoms with Crippen molar-refractivity contribution in [1.82, 2.24) is 5.32 Å². The lowest BCUT2D eigenvalue weighted by molar-refractivity contribution is -0.121. The topological polar surface area (TPSA) is 90.3 Å². The van der Waals surface area contributed by atoms with Gasteiger partial charge in [0.2, 0.25) is 5.91 Å². The summed E-state index contributed by atoms with van der Waals surface area (Å²) in [7, 11) is 0. The van der Waals surface area contributed by atoms with E-state index in [2.05, 4.69) is 5.32 Å². The number of Topliss-reactive ketones (excluding diaryl/α,β-unsaturated/α-hetero) is 1. The molecule has 0 fully saturated rings. The van der Waals surface area contributed by atoms with Gasteiger partial charge in [0, 0.05) is 0 Å². The minimum absolute atomic E-state index is 0.00255. The van der Waals surface area contributed by atoms with E-state index in [4.69, 9.17) is 28.5 Å². The molecule has 1 aromatic rings. The summed E-state index contributed by atoms with van der Waals surface area (Å²) >= 11 is 11.9. The average molecular weight is 312 g/mol. The van der Waals surface area contributed by atoms with E-state index in [0.29, 0.717) is 0 Å². The molecule has 20 heavy (non-hydrogen) atoms. The number of nitrogens with zero attached hydrogens (tertiary/aromatic N) is 2. The molecule has 0 saturated carbocycles. The third kappa shape index (κ3) is 2.33. The number of amides is 2. The lowest BCUT2D eigenvalue weighted by Gasteiger charge is -2.16. The number of anilines is 1. The van der Waals surface area contributed by atoms with Crippen molar-refractivity contribution in [3.05, 3.63) is 27.7 Å². The van der Waals surface area contributed by atoms with Crippen molar-refractivity contribution in [1.29, 1.82) is 5.26 Å². The van der Waals surface area contributed by atoms with Crippen LogP contribution in [-0.4, -0.2) is 30.7 Å². The smallest absolute Gasteiger partial charge is 0.300 e. The summed E-state index contributed by atoms with van der Waals surface area (Å²) < 4.78 is 0. The zero-order valence-electron chi connectivity index (χ0n) is 9.94. The second-order valence-corrected chi connectivity index (χ2v) is 4.72. The van der Waals surface area contributed by atoms with Gasteiger partial charge in [-0.15, -0.1) is 0 Å². The first-order valence-electron chi connectivity index (χ1n) is 5.45. The van der Waals surface area contributed by atoms with Crippen LogP contribution in [0.3, 0.4) is 0 Å². The molecule has 0 aromatic heterocycles. The highest BCUT2D eigenvalue weighted by molar-refractivity contribution is 6.57. The maximum atomic E-state index is 11.9. The van der Waals surface area contributed by atoms with Crippen LogP contribution in [0.2, 0.25) is 10.0 Å². The molecule has 1 aliphatic rings. The molecule has 0 spiro atoms. The van der Waals surface area contributed by atoms with E-state index in [9.17, 15) is 14.4 Å². The van der Waals surface area contributed by atoms with Crippen molar-refractivity contribution < 1.29 is 14.4 Å². The Hall–Kier alpha value is -2.10. The normalized spacial score (nSPS) is 13.2. The Morgan fingerprint density at radius 3 is 2.60 bits per heavy atom. The second-order valence-electron chi connectivity index (χ2n) is 3.91. The Morgan fingerprint density at radius 2 is 1.95 bits per heavy atom. The number of benzene rings is 1. The van der Waals surface area contributed by atoms with E-state index >= 15 is 0 Å². The van der Waals surface area contributed by atoms with E-state index in [1.165, 1.54) is 12.1 Å². The van der Waals surface area contributed by atoms with Crippen LogP contribution in [0.1, 0.15) is 10.4 Å². The highest BCUT2D eigenvalue weighted by atomic mass is 35.5. The summed E-state index contributed by atoms with van der Waals surface area (Å²) in [6.07, 6.45) is 0. The van der Waals surface area contributed by atoms with E-state index < -0.39 is 24.1 Å². The van der Waals surface area contributed by atoms with Crippen LogP contribution >= 0.6 is 23.2 Å². The van der Waals surface area contributed by atoms with Crippen molar-refractivity contribution in [3.63, 3.8) is 0 Å². The lowest BCUT2D eigenvalue weighted by atomic mass is 10.1. The summed E-state index contributed by atoms with van der Waals surface area (Å²) in [5, 5.41) is 10.9. The largest absolute Gasteiger partial charge is 0.341 e. The second kappa shape index (κ2) is 5.49. The fourth-order valence-electron chi connectivity index (χ4n) is 1.84. The van der Waals surface area contributed by atoms with Gasteiger partial charge in [-0.2, -0.15) is 5.26 Å². The van der Waals surface area contributed by atoms with Gasteiger partial charge in [-0.1, -0.05) is 23.2 Å². The zero-order valence-corrected chi connectivity index (χ0v) is 11.5. The Labute approximate surface area is 123 Å². The first-order chi connectivity index (χ1) is 9.47. The number of rotatable bonds is 3. The maximum Gasteiger partial charge on any atom is 0.300 e. The summed E-state index contributed by atoms with van der Waals surface area (Å²) in [4.78, 5) is 36.3. The fourth-order valence-corrected chi connectivity index (χ4v) is 2.34. The van der Waals surface area contributed by atoms with Crippen molar-refractivity contribution in [2.75, 3.05) is 18.0 Å². The molecule has 0 aliphatic carbocycles. The highest BCUT2D eigenvalue weighted by Crippen LogP contribution is 2.39. The maximum absolute atomic E-state index is 11.9. The molecule has 8 heteroatoms. The molecule has 1 aromatic carbocycles. The minimum atomic E-state index is -0.873. The van der Waals surface area contributed by atoms with Gasteiger partial charge in [0.25, 0.3) is 11.7 Å². The van der Waals surface area contributed by atoms with Crippen LogP contribution in [-0.2, 0) is 9.59 Å². The monoisotopic (exact) mass is 311 g/mol. The molecule has 2 rings (SSSR count). The van der Waals surface area contributed by atoms with E-state index in [-0.39, 0.29) is 27.8 Å². The fraction of sp³-hybridized carbons (Fsp3) is 0.167. The van der Waals surface area contributed by atoms with Gasteiger partial charge in [-0.3, -0.25) is 19.3 Å². The Balaban J connectivity index is 2.36. The van der Waals surface area contributed by atoms with Crippen molar-refractivity contribution in [3.8, 4) is 6.07 Å². The molecule has 1 heterocycles. The first kappa shape index (κ1) is 14.3. The van der Waals surface area contributed by atoms with Crippen LogP contribution in [0.15, 0.2) is 12.1 Å². The molecule has 1 N–H and O–H groups in total. The minimum Gasteiger partial charge on any atom is -0.341 e. The van der Waals surface area contributed by atoms with E-state index in [1.54, 1.807) is 6.07 Å². The van der Waals surface area contributed by atoms with Gasteiger partial charge in [0.15, 0.2) is 0 Å². The van der Waals surface area contributed by atoms with Crippen LogP contribution in [0.25, 0.3) is 0 Å². The van der Waals surface area contributed by atoms with Crippen molar-refractivity contribution >= 4 is 46.5 Å². The van der Waals surface area contributed by atoms with E-state index in [0.717, 1.165) is 4.90 Å². The number of hydrogen-bond donors (Lipinski definition) is 1. The molecular formula is C12H7Cl2N3O3. The van der Waals surface area contributed by atoms with Gasteiger partial charge in [-0.05, 0) is 12.1 Å². The third-order valence-electron chi connectivity index (χ3n) is 2.68. The van der Waals surface area contributed by atoms with Crippen LogP contribution < -0.4 is 10.2 Å². The number of carbonyl (C=O) groups excluding carboxylic acids is 3. The molecule has 0 radical (unpaired) electrons. The van der Waals surface area contributed by atoms with Crippen molar-refractivity contribution in [2.45, 2.75) is 0 Å². The van der Waals surface area contributed by atoms with Crippen LogP contribution in [0.5, 0.6) is 0 Å².